The van der Waals surface area contributed by atoms with Crippen molar-refractivity contribution in [1.29, 1.82) is 0 Å². The highest BCUT2D eigenvalue weighted by atomic mass is 35.5. The second-order valence-electron chi connectivity index (χ2n) is 4.68. The van der Waals surface area contributed by atoms with E-state index in [4.69, 9.17) is 23.2 Å². The van der Waals surface area contributed by atoms with Gasteiger partial charge in [0, 0.05) is 5.02 Å². The molecule has 2 atom stereocenters. The summed E-state index contributed by atoms with van der Waals surface area (Å²) in [6.45, 7) is 0. The number of rotatable bonds is 2. The van der Waals surface area contributed by atoms with Crippen molar-refractivity contribution in [2.75, 3.05) is 5.32 Å². The Morgan fingerprint density at radius 3 is 2.74 bits per heavy atom. The van der Waals surface area contributed by atoms with Gasteiger partial charge in [0.1, 0.15) is 0 Å². The molecular formula is C13H16Cl2N2O2. The topological polar surface area (TPSA) is 61.4 Å². The van der Waals surface area contributed by atoms with Crippen molar-refractivity contribution in [3.8, 4) is 0 Å². The molecule has 1 aliphatic rings. The molecule has 2 unspecified atom stereocenters. The Hall–Kier alpha value is -0.970. The van der Waals surface area contributed by atoms with E-state index in [2.05, 4.69) is 10.6 Å². The van der Waals surface area contributed by atoms with Crippen LogP contribution in [0.2, 0.25) is 10.0 Å². The molecule has 0 heterocycles. The van der Waals surface area contributed by atoms with Crippen molar-refractivity contribution in [2.24, 2.45) is 0 Å². The van der Waals surface area contributed by atoms with Gasteiger partial charge >= 0.3 is 6.03 Å². The van der Waals surface area contributed by atoms with Gasteiger partial charge in [-0.05, 0) is 31.0 Å². The van der Waals surface area contributed by atoms with Crippen LogP contribution in [0, 0.1) is 0 Å². The minimum Gasteiger partial charge on any atom is -0.391 e. The summed E-state index contributed by atoms with van der Waals surface area (Å²) in [6.07, 6.45) is 3.05. The van der Waals surface area contributed by atoms with Crippen molar-refractivity contribution in [2.45, 2.75) is 37.8 Å². The quantitative estimate of drug-likeness (QED) is 0.784. The molecule has 0 aliphatic heterocycles. The number of halogens is 2. The van der Waals surface area contributed by atoms with Crippen LogP contribution in [0.1, 0.15) is 25.7 Å². The molecule has 4 nitrogen and oxygen atoms in total. The van der Waals surface area contributed by atoms with Crippen molar-refractivity contribution in [3.05, 3.63) is 28.2 Å². The van der Waals surface area contributed by atoms with Crippen molar-refractivity contribution in [3.63, 3.8) is 0 Å². The van der Waals surface area contributed by atoms with Crippen LogP contribution in [0.3, 0.4) is 0 Å². The van der Waals surface area contributed by atoms with E-state index >= 15 is 0 Å². The van der Waals surface area contributed by atoms with E-state index in [9.17, 15) is 9.90 Å². The first kappa shape index (κ1) is 14.4. The lowest BCUT2D eigenvalue weighted by Crippen LogP contribution is -2.46. The predicted molar refractivity (Wildman–Crippen MR) is 76.9 cm³/mol. The van der Waals surface area contributed by atoms with Gasteiger partial charge in [-0.3, -0.25) is 0 Å². The summed E-state index contributed by atoms with van der Waals surface area (Å²) < 4.78 is 0. The van der Waals surface area contributed by atoms with E-state index in [0.29, 0.717) is 15.7 Å². The number of hydrogen-bond acceptors (Lipinski definition) is 2. The molecule has 0 spiro atoms. The van der Waals surface area contributed by atoms with Gasteiger partial charge in [-0.2, -0.15) is 0 Å². The van der Waals surface area contributed by atoms with Crippen LogP contribution in [-0.4, -0.2) is 23.3 Å². The molecule has 1 fully saturated rings. The third-order valence-corrected chi connectivity index (χ3v) is 3.79. The molecule has 2 amide bonds. The number of carbonyl (C=O) groups excluding carboxylic acids is 1. The van der Waals surface area contributed by atoms with Crippen LogP contribution in [0.15, 0.2) is 18.2 Å². The fourth-order valence-corrected chi connectivity index (χ4v) is 2.54. The van der Waals surface area contributed by atoms with E-state index in [0.717, 1.165) is 25.7 Å². The molecule has 0 aromatic heterocycles. The second-order valence-corrected chi connectivity index (χ2v) is 5.52. The number of urea groups is 1. The molecule has 2 rings (SSSR count). The molecule has 3 N–H and O–H groups in total. The first-order chi connectivity index (χ1) is 9.06. The number of aliphatic hydroxyl groups excluding tert-OH is 1. The minimum atomic E-state index is -0.477. The Balaban J connectivity index is 1.95. The van der Waals surface area contributed by atoms with Crippen LogP contribution < -0.4 is 10.6 Å². The summed E-state index contributed by atoms with van der Waals surface area (Å²) in [5.74, 6) is 0. The number of nitrogens with one attached hydrogen (secondary N) is 2. The molecule has 1 aromatic rings. The summed E-state index contributed by atoms with van der Waals surface area (Å²) in [4.78, 5) is 11.9. The van der Waals surface area contributed by atoms with Crippen LogP contribution in [0.5, 0.6) is 0 Å². The normalized spacial score (nSPS) is 22.9. The second kappa shape index (κ2) is 6.46. The minimum absolute atomic E-state index is 0.202. The van der Waals surface area contributed by atoms with Crippen LogP contribution >= 0.6 is 23.2 Å². The van der Waals surface area contributed by atoms with Gasteiger partial charge < -0.3 is 15.7 Å². The Kier molecular flexibility index (Phi) is 4.91. The highest BCUT2D eigenvalue weighted by Crippen LogP contribution is 2.25. The van der Waals surface area contributed by atoms with Gasteiger partial charge in [0.25, 0.3) is 0 Å². The summed E-state index contributed by atoms with van der Waals surface area (Å²) in [5, 5.41) is 16.1. The molecule has 104 valence electrons. The molecule has 0 radical (unpaired) electrons. The molecule has 19 heavy (non-hydrogen) atoms. The van der Waals surface area contributed by atoms with Gasteiger partial charge in [-0.25, -0.2) is 4.79 Å². The monoisotopic (exact) mass is 302 g/mol. The fraction of sp³-hybridized carbons (Fsp3) is 0.462. The molecule has 1 aromatic carbocycles. The Morgan fingerprint density at radius 1 is 1.26 bits per heavy atom. The number of anilines is 1. The van der Waals surface area contributed by atoms with Crippen molar-refractivity contribution < 1.29 is 9.90 Å². The first-order valence-corrected chi connectivity index (χ1v) is 7.02. The highest BCUT2D eigenvalue weighted by molar-refractivity contribution is 6.35. The third kappa shape index (κ3) is 4.00. The van der Waals surface area contributed by atoms with E-state index in [1.54, 1.807) is 18.2 Å². The molecule has 0 bridgehead atoms. The van der Waals surface area contributed by atoms with Crippen LogP contribution in [0.4, 0.5) is 10.5 Å². The molecule has 1 aliphatic carbocycles. The lowest BCUT2D eigenvalue weighted by Gasteiger charge is -2.28. The average molecular weight is 303 g/mol. The zero-order valence-electron chi connectivity index (χ0n) is 10.3. The average Bonchev–Trinajstić information content (AvgIpc) is 2.37. The van der Waals surface area contributed by atoms with E-state index in [1.807, 2.05) is 0 Å². The zero-order valence-corrected chi connectivity index (χ0v) is 11.8. The fourth-order valence-electron chi connectivity index (χ4n) is 2.20. The molecule has 1 saturated carbocycles. The summed E-state index contributed by atoms with van der Waals surface area (Å²) in [6, 6.07) is 4.27. The van der Waals surface area contributed by atoms with Gasteiger partial charge in [-0.1, -0.05) is 36.0 Å². The van der Waals surface area contributed by atoms with Gasteiger partial charge in [-0.15, -0.1) is 0 Å². The standard InChI is InChI=1S/C13H16Cl2N2O2/c14-8-5-6-9(15)11(7-8)17-13(19)16-10-3-1-2-4-12(10)18/h5-7,10,12,18H,1-4H2,(H2,16,17,19). The first-order valence-electron chi connectivity index (χ1n) is 6.27. The molecule has 0 saturated heterocycles. The number of hydrogen-bond donors (Lipinski definition) is 3. The SMILES string of the molecule is O=C(Nc1cc(Cl)ccc1Cl)NC1CCCCC1O. The predicted octanol–water partition coefficient (Wildman–Crippen LogP) is 3.42. The maximum Gasteiger partial charge on any atom is 0.319 e. The van der Waals surface area contributed by atoms with Gasteiger partial charge in [0.2, 0.25) is 0 Å². The Labute approximate surface area is 122 Å². The smallest absolute Gasteiger partial charge is 0.319 e. The van der Waals surface area contributed by atoms with Crippen LogP contribution in [-0.2, 0) is 0 Å². The lowest BCUT2D eigenvalue weighted by atomic mass is 9.93. The lowest BCUT2D eigenvalue weighted by molar-refractivity contribution is 0.0955. The van der Waals surface area contributed by atoms with Crippen molar-refractivity contribution >= 4 is 34.9 Å². The molecule has 6 heteroatoms. The highest BCUT2D eigenvalue weighted by Gasteiger charge is 2.24. The Morgan fingerprint density at radius 2 is 2.00 bits per heavy atom. The number of benzene rings is 1. The number of aliphatic hydroxyl groups is 1. The number of amides is 2. The third-order valence-electron chi connectivity index (χ3n) is 3.22. The van der Waals surface area contributed by atoms with Crippen LogP contribution in [0.25, 0.3) is 0 Å². The zero-order chi connectivity index (χ0) is 13.8. The summed E-state index contributed by atoms with van der Waals surface area (Å²) >= 11 is 11.8. The largest absolute Gasteiger partial charge is 0.391 e. The maximum absolute atomic E-state index is 11.9. The van der Waals surface area contributed by atoms with Gasteiger partial charge in [0.15, 0.2) is 0 Å². The van der Waals surface area contributed by atoms with E-state index in [-0.39, 0.29) is 12.1 Å². The van der Waals surface area contributed by atoms with E-state index in [1.165, 1.54) is 0 Å². The number of carbonyl (C=O) groups is 1. The summed E-state index contributed by atoms with van der Waals surface area (Å²) in [7, 11) is 0. The van der Waals surface area contributed by atoms with Gasteiger partial charge in [0.05, 0.1) is 22.9 Å². The molecular weight excluding hydrogens is 287 g/mol. The summed E-state index contributed by atoms with van der Waals surface area (Å²) in [5.41, 5.74) is 0.456. The van der Waals surface area contributed by atoms with E-state index < -0.39 is 6.10 Å². The Bertz CT molecular complexity index is 468. The van der Waals surface area contributed by atoms with Crippen molar-refractivity contribution in [1.82, 2.24) is 5.32 Å². The maximum atomic E-state index is 11.9.